The van der Waals surface area contributed by atoms with Crippen LogP contribution in [0, 0.1) is 5.92 Å². The van der Waals surface area contributed by atoms with Gasteiger partial charge in [0.1, 0.15) is 6.04 Å². The van der Waals surface area contributed by atoms with E-state index in [1.165, 1.54) is 13.5 Å². The Morgan fingerprint density at radius 2 is 2.12 bits per heavy atom. The molecule has 0 aromatic carbocycles. The van der Waals surface area contributed by atoms with Gasteiger partial charge in [0.05, 0.1) is 7.11 Å². The maximum Gasteiger partial charge on any atom is 0.322 e. The summed E-state index contributed by atoms with van der Waals surface area (Å²) in [7, 11) is 5.31. The number of rotatable bonds is 8. The Hall–Kier alpha value is -0.610. The number of nitrogens with one attached hydrogen (secondary N) is 1. The number of carbonyl (C=O) groups is 1. The molecule has 0 aliphatic carbocycles. The van der Waals surface area contributed by atoms with Crippen molar-refractivity contribution < 1.29 is 9.53 Å². The molecular formula is C12H26N2O2. The average molecular weight is 230 g/mol. The number of hydrogen-bond donors (Lipinski definition) is 1. The molecule has 4 nitrogen and oxygen atoms in total. The van der Waals surface area contributed by atoms with Crippen molar-refractivity contribution in [2.75, 3.05) is 34.3 Å². The van der Waals surface area contributed by atoms with Crippen molar-refractivity contribution >= 4 is 5.97 Å². The van der Waals surface area contributed by atoms with Crippen molar-refractivity contribution in [3.8, 4) is 0 Å². The topological polar surface area (TPSA) is 41.6 Å². The van der Waals surface area contributed by atoms with Crippen LogP contribution in [-0.4, -0.2) is 51.2 Å². The van der Waals surface area contributed by atoms with Gasteiger partial charge in [0.15, 0.2) is 0 Å². The predicted molar refractivity (Wildman–Crippen MR) is 66.4 cm³/mol. The molecule has 2 unspecified atom stereocenters. The SMILES string of the molecule is CCC(C)CN(C)CCC(NC)C(=O)OC. The Labute approximate surface area is 99.3 Å². The summed E-state index contributed by atoms with van der Waals surface area (Å²) in [4.78, 5) is 13.6. The van der Waals surface area contributed by atoms with Crippen molar-refractivity contribution in [2.45, 2.75) is 32.7 Å². The van der Waals surface area contributed by atoms with Crippen LogP contribution in [0.1, 0.15) is 26.7 Å². The van der Waals surface area contributed by atoms with Crippen molar-refractivity contribution in [3.63, 3.8) is 0 Å². The highest BCUT2D eigenvalue weighted by Gasteiger charge is 2.17. The standard InChI is InChI=1S/C12H26N2O2/c1-6-10(2)9-14(4)8-7-11(13-3)12(15)16-5/h10-11,13H,6-9H2,1-5H3. The number of ether oxygens (including phenoxy) is 1. The lowest BCUT2D eigenvalue weighted by Gasteiger charge is -2.22. The van der Waals surface area contributed by atoms with Gasteiger partial charge in [-0.05, 0) is 33.0 Å². The summed E-state index contributed by atoms with van der Waals surface area (Å²) in [5.74, 6) is 0.524. The first-order valence-electron chi connectivity index (χ1n) is 5.98. The first-order chi connectivity index (χ1) is 7.54. The molecule has 96 valence electrons. The fourth-order valence-corrected chi connectivity index (χ4v) is 1.62. The maximum atomic E-state index is 11.3. The average Bonchev–Trinajstić information content (AvgIpc) is 2.29. The van der Waals surface area contributed by atoms with Crippen LogP contribution in [0.4, 0.5) is 0 Å². The Bertz CT molecular complexity index is 197. The third-order valence-corrected chi connectivity index (χ3v) is 2.95. The minimum atomic E-state index is -0.190. The summed E-state index contributed by atoms with van der Waals surface area (Å²) >= 11 is 0. The predicted octanol–water partition coefficient (Wildman–Crippen LogP) is 1.12. The molecule has 0 radical (unpaired) electrons. The molecule has 0 saturated carbocycles. The van der Waals surface area contributed by atoms with Crippen LogP contribution < -0.4 is 5.32 Å². The van der Waals surface area contributed by atoms with E-state index in [0.29, 0.717) is 5.92 Å². The Balaban J connectivity index is 3.87. The monoisotopic (exact) mass is 230 g/mol. The van der Waals surface area contributed by atoms with E-state index in [4.69, 9.17) is 4.74 Å². The Kier molecular flexibility index (Phi) is 8.21. The molecule has 0 aromatic heterocycles. The maximum absolute atomic E-state index is 11.3. The van der Waals surface area contributed by atoms with Crippen molar-refractivity contribution in [1.29, 1.82) is 0 Å². The van der Waals surface area contributed by atoms with Crippen LogP contribution in [0.2, 0.25) is 0 Å². The van der Waals surface area contributed by atoms with E-state index in [9.17, 15) is 4.79 Å². The second-order valence-electron chi connectivity index (χ2n) is 4.43. The van der Waals surface area contributed by atoms with Crippen LogP contribution in [0.5, 0.6) is 0 Å². The van der Waals surface area contributed by atoms with Crippen LogP contribution in [0.15, 0.2) is 0 Å². The van der Waals surface area contributed by atoms with Crippen LogP contribution >= 0.6 is 0 Å². The first kappa shape index (κ1) is 15.4. The molecule has 0 bridgehead atoms. The molecule has 1 N–H and O–H groups in total. The van der Waals surface area contributed by atoms with Crippen LogP contribution in [0.3, 0.4) is 0 Å². The van der Waals surface area contributed by atoms with Crippen LogP contribution in [0.25, 0.3) is 0 Å². The van der Waals surface area contributed by atoms with Crippen LogP contribution in [-0.2, 0) is 9.53 Å². The lowest BCUT2D eigenvalue weighted by atomic mass is 10.1. The minimum absolute atomic E-state index is 0.181. The molecule has 0 saturated heterocycles. The molecule has 0 heterocycles. The van der Waals surface area contributed by atoms with E-state index in [1.54, 1.807) is 7.05 Å². The molecule has 2 atom stereocenters. The molecule has 0 aliphatic heterocycles. The van der Waals surface area contributed by atoms with E-state index in [1.807, 2.05) is 0 Å². The highest BCUT2D eigenvalue weighted by atomic mass is 16.5. The van der Waals surface area contributed by atoms with E-state index in [-0.39, 0.29) is 12.0 Å². The fourth-order valence-electron chi connectivity index (χ4n) is 1.62. The van der Waals surface area contributed by atoms with Gasteiger partial charge in [-0.1, -0.05) is 20.3 Å². The summed E-state index contributed by atoms with van der Waals surface area (Å²) < 4.78 is 4.72. The molecule has 0 rings (SSSR count). The lowest BCUT2D eigenvalue weighted by molar-refractivity contribution is -0.143. The second kappa shape index (κ2) is 8.53. The normalized spacial score (nSPS) is 14.9. The van der Waals surface area contributed by atoms with E-state index >= 15 is 0 Å². The first-order valence-corrected chi connectivity index (χ1v) is 5.98. The van der Waals surface area contributed by atoms with Gasteiger partial charge < -0.3 is 15.0 Å². The van der Waals surface area contributed by atoms with Crippen molar-refractivity contribution in [3.05, 3.63) is 0 Å². The van der Waals surface area contributed by atoms with Gasteiger partial charge in [0.25, 0.3) is 0 Å². The third kappa shape index (κ3) is 6.08. The van der Waals surface area contributed by atoms with Gasteiger partial charge in [-0.15, -0.1) is 0 Å². The number of methoxy groups -OCH3 is 1. The van der Waals surface area contributed by atoms with Gasteiger partial charge in [0.2, 0.25) is 0 Å². The van der Waals surface area contributed by atoms with Crippen molar-refractivity contribution in [1.82, 2.24) is 10.2 Å². The number of nitrogens with zero attached hydrogens (tertiary/aromatic N) is 1. The van der Waals surface area contributed by atoms with Gasteiger partial charge in [0, 0.05) is 6.54 Å². The number of hydrogen-bond acceptors (Lipinski definition) is 4. The van der Waals surface area contributed by atoms with E-state index < -0.39 is 0 Å². The third-order valence-electron chi connectivity index (χ3n) is 2.95. The lowest BCUT2D eigenvalue weighted by Crippen LogP contribution is -2.38. The van der Waals surface area contributed by atoms with Gasteiger partial charge in [-0.3, -0.25) is 4.79 Å². The highest BCUT2D eigenvalue weighted by Crippen LogP contribution is 2.04. The molecule has 0 spiro atoms. The van der Waals surface area contributed by atoms with Crippen molar-refractivity contribution in [2.24, 2.45) is 5.92 Å². The fraction of sp³-hybridized carbons (Fsp3) is 0.917. The largest absolute Gasteiger partial charge is 0.468 e. The summed E-state index contributed by atoms with van der Waals surface area (Å²) in [5, 5.41) is 2.97. The smallest absolute Gasteiger partial charge is 0.322 e. The van der Waals surface area contributed by atoms with E-state index in [2.05, 4.69) is 31.1 Å². The quantitative estimate of drug-likeness (QED) is 0.634. The number of likely N-dealkylation sites (N-methyl/N-ethyl adjacent to an activating group) is 1. The summed E-state index contributed by atoms with van der Waals surface area (Å²) in [5.41, 5.74) is 0. The number of carbonyl (C=O) groups excluding carboxylic acids is 1. The van der Waals surface area contributed by atoms with E-state index in [0.717, 1.165) is 19.5 Å². The highest BCUT2D eigenvalue weighted by molar-refractivity contribution is 5.75. The zero-order valence-electron chi connectivity index (χ0n) is 11.2. The molecule has 0 aliphatic rings. The molecule has 0 fully saturated rings. The molecule has 4 heteroatoms. The van der Waals surface area contributed by atoms with Gasteiger partial charge in [-0.25, -0.2) is 0 Å². The molecule has 16 heavy (non-hydrogen) atoms. The van der Waals surface area contributed by atoms with Gasteiger partial charge in [-0.2, -0.15) is 0 Å². The summed E-state index contributed by atoms with van der Waals surface area (Å²) in [6.45, 7) is 6.43. The Morgan fingerprint density at radius 3 is 2.56 bits per heavy atom. The minimum Gasteiger partial charge on any atom is -0.468 e. The molecule has 0 aromatic rings. The zero-order valence-corrected chi connectivity index (χ0v) is 11.2. The Morgan fingerprint density at radius 1 is 1.50 bits per heavy atom. The van der Waals surface area contributed by atoms with Gasteiger partial charge >= 0.3 is 5.97 Å². The summed E-state index contributed by atoms with van der Waals surface area (Å²) in [6.07, 6.45) is 1.98. The molecular weight excluding hydrogens is 204 g/mol. The second-order valence-corrected chi connectivity index (χ2v) is 4.43. The number of esters is 1. The zero-order chi connectivity index (χ0) is 12.6. The molecule has 0 amide bonds. The summed E-state index contributed by atoms with van der Waals surface area (Å²) in [6, 6.07) is -0.190.